The number of halogens is 3. The maximum absolute atomic E-state index is 12.3. The first-order valence-electron chi connectivity index (χ1n) is 5.55. The Morgan fingerprint density at radius 2 is 1.40 bits per heavy atom. The normalized spacial score (nSPS) is 12.9. The maximum atomic E-state index is 12.3. The molecular weight excluding hydrogens is 339 g/mol. The SMILES string of the molecule is O=S(=O)(/C(Cl)=C(/Cl)c1ccccc1Cl)c1ccccc1. The minimum absolute atomic E-state index is 0.0789. The summed E-state index contributed by atoms with van der Waals surface area (Å²) in [7, 11) is -3.85. The van der Waals surface area contributed by atoms with Gasteiger partial charge in [0.1, 0.15) is 0 Å². The summed E-state index contributed by atoms with van der Waals surface area (Å²) in [5.41, 5.74) is 0.375. The van der Waals surface area contributed by atoms with E-state index >= 15 is 0 Å². The highest BCUT2D eigenvalue weighted by atomic mass is 35.5. The zero-order valence-electron chi connectivity index (χ0n) is 10.1. The van der Waals surface area contributed by atoms with E-state index in [-0.39, 0.29) is 9.93 Å². The molecule has 104 valence electrons. The van der Waals surface area contributed by atoms with Crippen LogP contribution in [-0.4, -0.2) is 8.42 Å². The lowest BCUT2D eigenvalue weighted by Gasteiger charge is -2.07. The highest BCUT2D eigenvalue weighted by Crippen LogP contribution is 2.35. The van der Waals surface area contributed by atoms with Crippen LogP contribution in [0.25, 0.3) is 5.03 Å². The lowest BCUT2D eigenvalue weighted by atomic mass is 10.2. The minimum Gasteiger partial charge on any atom is -0.218 e. The number of rotatable bonds is 3. The maximum Gasteiger partial charge on any atom is 0.218 e. The Bertz CT molecular complexity index is 753. The summed E-state index contributed by atoms with van der Waals surface area (Å²) >= 11 is 18.0. The van der Waals surface area contributed by atoms with Crippen molar-refractivity contribution < 1.29 is 8.42 Å². The van der Waals surface area contributed by atoms with Gasteiger partial charge in [-0.1, -0.05) is 71.2 Å². The van der Waals surface area contributed by atoms with Gasteiger partial charge in [-0.25, -0.2) is 8.42 Å². The molecule has 0 aliphatic rings. The molecule has 0 saturated heterocycles. The van der Waals surface area contributed by atoms with Crippen molar-refractivity contribution in [2.75, 3.05) is 0 Å². The van der Waals surface area contributed by atoms with E-state index in [0.29, 0.717) is 10.6 Å². The van der Waals surface area contributed by atoms with Crippen molar-refractivity contribution in [1.82, 2.24) is 0 Å². The molecule has 2 aromatic carbocycles. The summed E-state index contributed by atoms with van der Waals surface area (Å²) in [6, 6.07) is 14.5. The van der Waals surface area contributed by atoms with Gasteiger partial charge >= 0.3 is 0 Å². The highest BCUT2D eigenvalue weighted by molar-refractivity contribution is 7.97. The first-order chi connectivity index (χ1) is 9.44. The predicted octanol–water partition coefficient (Wildman–Crippen LogP) is 4.92. The van der Waals surface area contributed by atoms with Crippen LogP contribution in [-0.2, 0) is 9.84 Å². The van der Waals surface area contributed by atoms with Gasteiger partial charge < -0.3 is 0 Å². The summed E-state index contributed by atoms with van der Waals surface area (Å²) in [5.74, 6) is 0. The summed E-state index contributed by atoms with van der Waals surface area (Å²) in [6.45, 7) is 0. The van der Waals surface area contributed by atoms with Crippen LogP contribution in [0.4, 0.5) is 0 Å². The zero-order chi connectivity index (χ0) is 14.8. The summed E-state index contributed by atoms with van der Waals surface area (Å²) < 4.78 is 24.2. The topological polar surface area (TPSA) is 34.1 Å². The van der Waals surface area contributed by atoms with Crippen LogP contribution < -0.4 is 0 Å². The highest BCUT2D eigenvalue weighted by Gasteiger charge is 2.23. The van der Waals surface area contributed by atoms with E-state index in [2.05, 4.69) is 0 Å². The molecule has 0 aliphatic heterocycles. The molecule has 0 fully saturated rings. The molecule has 0 saturated carbocycles. The predicted molar refractivity (Wildman–Crippen MR) is 83.7 cm³/mol. The molecule has 0 aliphatic carbocycles. The molecule has 6 heteroatoms. The van der Waals surface area contributed by atoms with Gasteiger partial charge in [0.15, 0.2) is 4.36 Å². The van der Waals surface area contributed by atoms with E-state index in [4.69, 9.17) is 34.8 Å². The molecule has 2 rings (SSSR count). The number of hydrogen-bond donors (Lipinski definition) is 0. The van der Waals surface area contributed by atoms with Crippen LogP contribution >= 0.6 is 34.8 Å². The Labute approximate surface area is 132 Å². The lowest BCUT2D eigenvalue weighted by Crippen LogP contribution is -2.02. The fraction of sp³-hybridized carbons (Fsp3) is 0. The van der Waals surface area contributed by atoms with Crippen LogP contribution in [0.5, 0.6) is 0 Å². The molecule has 0 heterocycles. The van der Waals surface area contributed by atoms with Crippen LogP contribution in [0, 0.1) is 0 Å². The summed E-state index contributed by atoms with van der Waals surface area (Å²) in [6.07, 6.45) is 0. The first kappa shape index (κ1) is 15.4. The van der Waals surface area contributed by atoms with Crippen molar-refractivity contribution in [1.29, 1.82) is 0 Å². The lowest BCUT2D eigenvalue weighted by molar-refractivity contribution is 0.604. The van der Waals surface area contributed by atoms with Crippen molar-refractivity contribution in [3.05, 3.63) is 69.5 Å². The molecule has 0 N–H and O–H groups in total. The van der Waals surface area contributed by atoms with Crippen LogP contribution in [0.2, 0.25) is 5.02 Å². The largest absolute Gasteiger partial charge is 0.218 e. The standard InChI is InChI=1S/C14H9Cl3O2S/c15-12-9-5-4-8-11(12)13(16)14(17)20(18,19)10-6-2-1-3-7-10/h1-9H/b14-13+. The van der Waals surface area contributed by atoms with Gasteiger partial charge in [0, 0.05) is 10.6 Å². The molecule has 20 heavy (non-hydrogen) atoms. The molecule has 0 unspecified atom stereocenters. The third kappa shape index (κ3) is 3.01. The molecule has 0 atom stereocenters. The second-order valence-corrected chi connectivity index (χ2v) is 7.16. The summed E-state index contributed by atoms with van der Waals surface area (Å²) in [4.78, 5) is 0.0789. The fourth-order valence-corrected chi connectivity index (χ4v) is 3.75. The van der Waals surface area contributed by atoms with Gasteiger partial charge in [-0.2, -0.15) is 0 Å². The van der Waals surface area contributed by atoms with Crippen LogP contribution in [0.3, 0.4) is 0 Å². The molecule has 0 radical (unpaired) electrons. The van der Waals surface area contributed by atoms with E-state index in [9.17, 15) is 8.42 Å². The molecule has 0 aromatic heterocycles. The third-order valence-corrected chi connectivity index (χ3v) is 5.87. The Hall–Kier alpha value is -1.00. The average molecular weight is 348 g/mol. The molecule has 2 nitrogen and oxygen atoms in total. The van der Waals surface area contributed by atoms with Crippen molar-refractivity contribution >= 4 is 49.7 Å². The number of sulfone groups is 1. The van der Waals surface area contributed by atoms with Crippen molar-refractivity contribution in [3.63, 3.8) is 0 Å². The van der Waals surface area contributed by atoms with E-state index in [1.165, 1.54) is 12.1 Å². The van der Waals surface area contributed by atoms with Crippen molar-refractivity contribution in [3.8, 4) is 0 Å². The minimum atomic E-state index is -3.85. The van der Waals surface area contributed by atoms with Crippen LogP contribution in [0.1, 0.15) is 5.56 Å². The van der Waals surface area contributed by atoms with E-state index in [1.807, 2.05) is 0 Å². The van der Waals surface area contributed by atoms with E-state index < -0.39 is 14.2 Å². The second kappa shape index (κ2) is 6.19. The average Bonchev–Trinajstić information content (AvgIpc) is 2.47. The molecule has 0 bridgehead atoms. The van der Waals surface area contributed by atoms with Crippen LogP contribution in [0.15, 0.2) is 63.9 Å². The van der Waals surface area contributed by atoms with E-state index in [0.717, 1.165) is 0 Å². The van der Waals surface area contributed by atoms with Gasteiger partial charge in [-0.05, 0) is 18.2 Å². The Morgan fingerprint density at radius 3 is 2.00 bits per heavy atom. The Kier molecular flexibility index (Phi) is 4.76. The van der Waals surface area contributed by atoms with Crippen molar-refractivity contribution in [2.24, 2.45) is 0 Å². The smallest absolute Gasteiger partial charge is 0.218 e. The Balaban J connectivity index is 2.58. The quantitative estimate of drug-likeness (QED) is 0.790. The molecule has 2 aromatic rings. The van der Waals surface area contributed by atoms with Gasteiger partial charge in [-0.15, -0.1) is 0 Å². The van der Waals surface area contributed by atoms with Gasteiger partial charge in [0.2, 0.25) is 9.84 Å². The van der Waals surface area contributed by atoms with E-state index in [1.54, 1.807) is 42.5 Å². The second-order valence-electron chi connectivity index (χ2n) is 3.88. The number of benzene rings is 2. The Morgan fingerprint density at radius 1 is 0.850 bits per heavy atom. The third-order valence-electron chi connectivity index (χ3n) is 2.57. The van der Waals surface area contributed by atoms with Gasteiger partial charge in [0.05, 0.1) is 9.93 Å². The van der Waals surface area contributed by atoms with Gasteiger partial charge in [0.25, 0.3) is 0 Å². The summed E-state index contributed by atoms with van der Waals surface area (Å²) in [5, 5.41) is 0.236. The first-order valence-corrected chi connectivity index (χ1v) is 8.16. The number of hydrogen-bond acceptors (Lipinski definition) is 2. The van der Waals surface area contributed by atoms with Gasteiger partial charge in [-0.3, -0.25) is 0 Å². The monoisotopic (exact) mass is 346 g/mol. The molecule has 0 amide bonds. The van der Waals surface area contributed by atoms with Crippen molar-refractivity contribution in [2.45, 2.75) is 4.90 Å². The fourth-order valence-electron chi connectivity index (χ4n) is 1.57. The zero-order valence-corrected chi connectivity index (χ0v) is 13.1. The molecule has 0 spiro atoms. The molecular formula is C14H9Cl3O2S.